The van der Waals surface area contributed by atoms with Gasteiger partial charge in [0.1, 0.15) is 5.82 Å². The zero-order chi connectivity index (χ0) is 14.8. The number of nitrogens with one attached hydrogen (secondary N) is 2. The van der Waals surface area contributed by atoms with Crippen molar-refractivity contribution in [2.45, 2.75) is 23.0 Å². The van der Waals surface area contributed by atoms with Gasteiger partial charge < -0.3 is 10.3 Å². The number of H-pyrrole nitrogens is 1. The molecule has 2 aromatic carbocycles. The van der Waals surface area contributed by atoms with E-state index in [1.54, 1.807) is 12.1 Å². The Hall–Kier alpha value is -1.85. The lowest BCUT2D eigenvalue weighted by molar-refractivity contribution is 0.601. The number of imidazole rings is 1. The summed E-state index contributed by atoms with van der Waals surface area (Å²) in [4.78, 5) is 8.83. The van der Waals surface area contributed by atoms with Gasteiger partial charge in [0.15, 0.2) is 5.16 Å². The van der Waals surface area contributed by atoms with Crippen molar-refractivity contribution < 1.29 is 4.39 Å². The maximum absolute atomic E-state index is 13.5. The van der Waals surface area contributed by atoms with E-state index >= 15 is 0 Å². The molecule has 1 unspecified atom stereocenters. The number of aromatic amines is 1. The van der Waals surface area contributed by atoms with Gasteiger partial charge in [0.25, 0.3) is 0 Å². The minimum Gasteiger partial charge on any atom is -0.333 e. The monoisotopic (exact) mass is 301 g/mol. The zero-order valence-corrected chi connectivity index (χ0v) is 12.7. The van der Waals surface area contributed by atoms with E-state index in [1.807, 2.05) is 38.2 Å². The highest BCUT2D eigenvalue weighted by molar-refractivity contribution is 7.99. The van der Waals surface area contributed by atoms with Gasteiger partial charge in [0.05, 0.1) is 11.0 Å². The summed E-state index contributed by atoms with van der Waals surface area (Å²) in [7, 11) is 1.87. The third-order valence-electron chi connectivity index (χ3n) is 3.45. The summed E-state index contributed by atoms with van der Waals surface area (Å²) >= 11 is 1.52. The molecule has 0 aliphatic carbocycles. The van der Waals surface area contributed by atoms with E-state index in [0.29, 0.717) is 0 Å². The summed E-state index contributed by atoms with van der Waals surface area (Å²) < 4.78 is 13.5. The Bertz CT molecular complexity index is 736. The Kier molecular flexibility index (Phi) is 3.94. The second-order valence-electron chi connectivity index (χ2n) is 4.85. The van der Waals surface area contributed by atoms with Gasteiger partial charge in [0, 0.05) is 10.9 Å². The van der Waals surface area contributed by atoms with E-state index in [2.05, 4.69) is 15.3 Å². The molecule has 21 heavy (non-hydrogen) atoms. The minimum absolute atomic E-state index is 0.0765. The number of para-hydroxylation sites is 2. The maximum atomic E-state index is 13.5. The second kappa shape index (κ2) is 5.87. The van der Waals surface area contributed by atoms with Gasteiger partial charge in [-0.25, -0.2) is 9.37 Å². The first-order valence-corrected chi connectivity index (χ1v) is 7.58. The van der Waals surface area contributed by atoms with Crippen molar-refractivity contribution in [3.63, 3.8) is 0 Å². The Morgan fingerprint density at radius 2 is 2.05 bits per heavy atom. The molecule has 108 valence electrons. The van der Waals surface area contributed by atoms with Crippen molar-refractivity contribution in [3.8, 4) is 0 Å². The molecule has 0 aliphatic heterocycles. The third kappa shape index (κ3) is 2.94. The highest BCUT2D eigenvalue weighted by Gasteiger charge is 2.13. The number of hydrogen-bond donors (Lipinski definition) is 2. The summed E-state index contributed by atoms with van der Waals surface area (Å²) in [5, 5.41) is 3.96. The summed E-state index contributed by atoms with van der Waals surface area (Å²) in [5.41, 5.74) is 2.87. The van der Waals surface area contributed by atoms with Crippen LogP contribution in [0.15, 0.2) is 52.5 Å². The largest absolute Gasteiger partial charge is 0.333 e. The molecule has 0 saturated carbocycles. The van der Waals surface area contributed by atoms with E-state index in [9.17, 15) is 4.39 Å². The lowest BCUT2D eigenvalue weighted by Gasteiger charge is -2.14. The molecule has 0 amide bonds. The summed E-state index contributed by atoms with van der Waals surface area (Å²) in [6.07, 6.45) is 0. The molecule has 0 saturated heterocycles. The minimum atomic E-state index is -0.221. The maximum Gasteiger partial charge on any atom is 0.171 e. The number of nitrogens with zero attached hydrogens (tertiary/aromatic N) is 1. The Morgan fingerprint density at radius 3 is 2.81 bits per heavy atom. The zero-order valence-electron chi connectivity index (χ0n) is 11.9. The predicted molar refractivity (Wildman–Crippen MR) is 84.1 cm³/mol. The van der Waals surface area contributed by atoms with E-state index < -0.39 is 0 Å². The number of halogens is 1. The van der Waals surface area contributed by atoms with Crippen molar-refractivity contribution in [3.05, 3.63) is 53.8 Å². The van der Waals surface area contributed by atoms with Crippen LogP contribution in [0, 0.1) is 5.82 Å². The van der Waals surface area contributed by atoms with Gasteiger partial charge in [-0.1, -0.05) is 23.9 Å². The fourth-order valence-corrected chi connectivity index (χ4v) is 3.19. The standard InChI is InChI=1S/C16H16FN3S/c1-10(18-2)12-9-11(17)7-8-15(12)21-16-19-13-5-3-4-6-14(13)20-16/h3-10,18H,1-2H3,(H,19,20). The molecule has 0 radical (unpaired) electrons. The van der Waals surface area contributed by atoms with Crippen LogP contribution in [0.2, 0.25) is 0 Å². The average Bonchev–Trinajstić information content (AvgIpc) is 2.90. The molecule has 0 aliphatic rings. The predicted octanol–water partition coefficient (Wildman–Crippen LogP) is 4.13. The SMILES string of the molecule is CNC(C)c1cc(F)ccc1Sc1nc2ccccc2[nH]1. The molecule has 1 atom stereocenters. The first kappa shape index (κ1) is 14.1. The molecule has 3 aromatic rings. The van der Waals surface area contributed by atoms with Crippen LogP contribution < -0.4 is 5.32 Å². The van der Waals surface area contributed by atoms with Gasteiger partial charge >= 0.3 is 0 Å². The van der Waals surface area contributed by atoms with Crippen LogP contribution in [0.3, 0.4) is 0 Å². The smallest absolute Gasteiger partial charge is 0.171 e. The van der Waals surface area contributed by atoms with Crippen LogP contribution >= 0.6 is 11.8 Å². The van der Waals surface area contributed by atoms with Crippen LogP contribution in [0.4, 0.5) is 4.39 Å². The highest BCUT2D eigenvalue weighted by atomic mass is 32.2. The molecule has 5 heteroatoms. The fourth-order valence-electron chi connectivity index (χ4n) is 2.19. The first-order valence-electron chi connectivity index (χ1n) is 6.76. The Balaban J connectivity index is 1.97. The highest BCUT2D eigenvalue weighted by Crippen LogP contribution is 2.33. The van der Waals surface area contributed by atoms with E-state index in [-0.39, 0.29) is 11.9 Å². The number of rotatable bonds is 4. The number of benzene rings is 2. The van der Waals surface area contributed by atoms with Crippen molar-refractivity contribution >= 4 is 22.8 Å². The molecule has 1 aromatic heterocycles. The van der Waals surface area contributed by atoms with Gasteiger partial charge in [-0.15, -0.1) is 0 Å². The average molecular weight is 301 g/mol. The van der Waals surface area contributed by atoms with Crippen LogP contribution in [0.1, 0.15) is 18.5 Å². The van der Waals surface area contributed by atoms with Gasteiger partial charge in [-0.2, -0.15) is 0 Å². The van der Waals surface area contributed by atoms with Crippen LogP contribution in [0.5, 0.6) is 0 Å². The van der Waals surface area contributed by atoms with Crippen molar-refractivity contribution in [1.29, 1.82) is 0 Å². The number of fused-ring (bicyclic) bond motifs is 1. The van der Waals surface area contributed by atoms with Crippen molar-refractivity contribution in [1.82, 2.24) is 15.3 Å². The second-order valence-corrected chi connectivity index (χ2v) is 5.88. The molecular weight excluding hydrogens is 285 g/mol. The van der Waals surface area contributed by atoms with E-state index in [4.69, 9.17) is 0 Å². The Morgan fingerprint density at radius 1 is 1.24 bits per heavy atom. The van der Waals surface area contributed by atoms with E-state index in [0.717, 1.165) is 26.6 Å². The topological polar surface area (TPSA) is 40.7 Å². The fraction of sp³-hybridized carbons (Fsp3) is 0.188. The normalized spacial score (nSPS) is 12.7. The Labute approximate surface area is 127 Å². The summed E-state index contributed by atoms with van der Waals surface area (Å²) in [6.45, 7) is 2.01. The summed E-state index contributed by atoms with van der Waals surface area (Å²) in [6, 6.07) is 12.8. The van der Waals surface area contributed by atoms with Crippen molar-refractivity contribution in [2.24, 2.45) is 0 Å². The van der Waals surface area contributed by atoms with Crippen LogP contribution in [-0.4, -0.2) is 17.0 Å². The molecular formula is C16H16FN3S. The lowest BCUT2D eigenvalue weighted by atomic mass is 10.1. The van der Waals surface area contributed by atoms with Crippen LogP contribution in [0.25, 0.3) is 11.0 Å². The van der Waals surface area contributed by atoms with Crippen LogP contribution in [-0.2, 0) is 0 Å². The lowest BCUT2D eigenvalue weighted by Crippen LogP contribution is -2.13. The van der Waals surface area contributed by atoms with Gasteiger partial charge in [-0.3, -0.25) is 0 Å². The molecule has 0 fully saturated rings. The number of aromatic nitrogens is 2. The third-order valence-corrected chi connectivity index (χ3v) is 4.42. The molecule has 0 spiro atoms. The van der Waals surface area contributed by atoms with Crippen molar-refractivity contribution in [2.75, 3.05) is 7.05 Å². The molecule has 2 N–H and O–H groups in total. The van der Waals surface area contributed by atoms with Gasteiger partial charge in [-0.05, 0) is 49.9 Å². The summed E-state index contributed by atoms with van der Waals surface area (Å²) in [5.74, 6) is -0.221. The number of hydrogen-bond acceptors (Lipinski definition) is 3. The molecule has 3 rings (SSSR count). The van der Waals surface area contributed by atoms with E-state index in [1.165, 1.54) is 17.8 Å². The molecule has 1 heterocycles. The molecule has 3 nitrogen and oxygen atoms in total. The first-order chi connectivity index (χ1) is 10.2. The van der Waals surface area contributed by atoms with Gasteiger partial charge in [0.2, 0.25) is 0 Å². The molecule has 0 bridgehead atoms. The quantitative estimate of drug-likeness (QED) is 0.761.